The van der Waals surface area contributed by atoms with Crippen LogP contribution in [0.15, 0.2) is 36.5 Å². The van der Waals surface area contributed by atoms with Crippen LogP contribution in [-0.2, 0) is 12.4 Å². The lowest BCUT2D eigenvalue weighted by Gasteiger charge is -2.21. The lowest BCUT2D eigenvalue weighted by molar-refractivity contribution is -0.139. The number of hydrogen-bond donors (Lipinski definition) is 1. The topological polar surface area (TPSA) is 33.1 Å². The Kier molecular flexibility index (Phi) is 4.59. The van der Waals surface area contributed by atoms with E-state index in [4.69, 9.17) is 11.6 Å². The molecule has 0 aliphatic heterocycles. The molecule has 1 N–H and O–H groups in total. The quantitative estimate of drug-likeness (QED) is 0.617. The average molecular weight is 356 g/mol. The van der Waals surface area contributed by atoms with E-state index in [0.29, 0.717) is 12.1 Å². The van der Waals surface area contributed by atoms with Crippen molar-refractivity contribution in [3.05, 3.63) is 63.9 Å². The largest absolute Gasteiger partial charge is 0.416 e. The van der Waals surface area contributed by atoms with E-state index in [1.54, 1.807) is 0 Å². The second-order valence-corrected chi connectivity index (χ2v) is 4.91. The van der Waals surface area contributed by atoms with Gasteiger partial charge in [-0.15, -0.1) is 0 Å². The first-order valence-electron chi connectivity index (χ1n) is 6.09. The number of alkyl halides is 6. The Balaban J connectivity index is 2.66. The number of benzene rings is 1. The Morgan fingerprint density at radius 1 is 0.913 bits per heavy atom. The van der Waals surface area contributed by atoms with E-state index in [-0.39, 0.29) is 0 Å². The zero-order valence-electron chi connectivity index (χ0n) is 11.1. The van der Waals surface area contributed by atoms with Crippen molar-refractivity contribution in [1.29, 1.82) is 0 Å². The van der Waals surface area contributed by atoms with Crippen molar-refractivity contribution >= 4 is 11.6 Å². The molecule has 2 rings (SSSR count). The van der Waals surface area contributed by atoms with Crippen molar-refractivity contribution in [1.82, 2.24) is 4.98 Å². The number of nitrogens with zero attached hydrogens (tertiary/aromatic N) is 1. The number of halogens is 7. The van der Waals surface area contributed by atoms with E-state index >= 15 is 0 Å². The van der Waals surface area contributed by atoms with Crippen molar-refractivity contribution < 1.29 is 31.4 Å². The van der Waals surface area contributed by atoms with Gasteiger partial charge >= 0.3 is 12.4 Å². The van der Waals surface area contributed by atoms with Crippen LogP contribution in [0.1, 0.15) is 28.4 Å². The molecular weight excluding hydrogens is 348 g/mol. The van der Waals surface area contributed by atoms with Crippen molar-refractivity contribution in [2.24, 2.45) is 0 Å². The predicted molar refractivity (Wildman–Crippen MR) is 69.8 cm³/mol. The normalized spacial score (nSPS) is 13.9. The minimum Gasteiger partial charge on any atom is -0.384 e. The van der Waals surface area contributed by atoms with Crippen LogP contribution in [-0.4, -0.2) is 10.1 Å². The molecule has 0 aliphatic rings. The van der Waals surface area contributed by atoms with E-state index in [9.17, 15) is 31.4 Å². The molecule has 2 aromatic rings. The van der Waals surface area contributed by atoms with Crippen molar-refractivity contribution in [2.75, 3.05) is 0 Å². The Hall–Kier alpha value is -1.80. The van der Waals surface area contributed by atoms with Crippen LogP contribution in [0.2, 0.25) is 5.15 Å². The zero-order valence-corrected chi connectivity index (χ0v) is 11.8. The number of aliphatic hydroxyl groups is 1. The van der Waals surface area contributed by atoms with Crippen molar-refractivity contribution in [2.45, 2.75) is 18.5 Å². The van der Waals surface area contributed by atoms with Gasteiger partial charge in [0.2, 0.25) is 0 Å². The molecule has 1 heterocycles. The van der Waals surface area contributed by atoms with Crippen molar-refractivity contribution in [3.8, 4) is 0 Å². The molecular formula is C14H8ClF6NO. The van der Waals surface area contributed by atoms with Crippen LogP contribution < -0.4 is 0 Å². The van der Waals surface area contributed by atoms with Crippen LogP contribution >= 0.6 is 11.6 Å². The summed E-state index contributed by atoms with van der Waals surface area (Å²) in [6.07, 6.45) is -11.2. The van der Waals surface area contributed by atoms with E-state index < -0.39 is 45.9 Å². The highest BCUT2D eigenvalue weighted by atomic mass is 35.5. The van der Waals surface area contributed by atoms with Crippen LogP contribution in [0.3, 0.4) is 0 Å². The standard InChI is InChI=1S/C14H8ClF6NO/c15-12-10(9(5-6-22-12)14(19,20)21)11(23)7-3-1-2-4-8(7)13(16,17)18/h1-6,11,23H. The second kappa shape index (κ2) is 6.01. The number of aromatic nitrogens is 1. The van der Waals surface area contributed by atoms with Gasteiger partial charge in [0.05, 0.1) is 11.1 Å². The molecule has 0 spiro atoms. The van der Waals surface area contributed by atoms with Gasteiger partial charge in [-0.3, -0.25) is 0 Å². The van der Waals surface area contributed by atoms with Gasteiger partial charge in [0.15, 0.2) is 0 Å². The molecule has 1 atom stereocenters. The Bertz CT molecular complexity index is 713. The molecule has 0 saturated heterocycles. The van der Waals surface area contributed by atoms with Crippen LogP contribution in [0, 0.1) is 0 Å². The fourth-order valence-corrected chi connectivity index (χ4v) is 2.37. The molecule has 0 aliphatic carbocycles. The Morgan fingerprint density at radius 3 is 2.04 bits per heavy atom. The Morgan fingerprint density at radius 2 is 1.48 bits per heavy atom. The molecule has 0 saturated carbocycles. The summed E-state index contributed by atoms with van der Waals surface area (Å²) in [7, 11) is 0. The molecule has 1 aromatic carbocycles. The molecule has 0 fully saturated rings. The highest BCUT2D eigenvalue weighted by Gasteiger charge is 2.40. The van der Waals surface area contributed by atoms with E-state index in [1.165, 1.54) is 6.07 Å². The minimum atomic E-state index is -4.91. The molecule has 1 unspecified atom stereocenters. The first-order chi connectivity index (χ1) is 10.5. The lowest BCUT2D eigenvalue weighted by Crippen LogP contribution is -2.17. The fourth-order valence-electron chi connectivity index (χ4n) is 2.10. The van der Waals surface area contributed by atoms with E-state index in [1.807, 2.05) is 0 Å². The first kappa shape index (κ1) is 17.6. The predicted octanol–water partition coefficient (Wildman–Crippen LogP) is 4.85. The SMILES string of the molecule is OC(c1ccccc1C(F)(F)F)c1c(C(F)(F)F)ccnc1Cl. The van der Waals surface area contributed by atoms with Gasteiger partial charge in [-0.2, -0.15) is 26.3 Å². The maximum Gasteiger partial charge on any atom is 0.416 e. The van der Waals surface area contributed by atoms with Gasteiger partial charge in [-0.25, -0.2) is 4.98 Å². The zero-order chi connectivity index (χ0) is 17.4. The summed E-state index contributed by atoms with van der Waals surface area (Å²) in [5.74, 6) is 0. The summed E-state index contributed by atoms with van der Waals surface area (Å²) < 4.78 is 78.0. The molecule has 0 radical (unpaired) electrons. The molecule has 1 aromatic heterocycles. The monoisotopic (exact) mass is 355 g/mol. The van der Waals surface area contributed by atoms with Crippen LogP contribution in [0.4, 0.5) is 26.3 Å². The van der Waals surface area contributed by atoms with Gasteiger partial charge in [-0.1, -0.05) is 29.8 Å². The van der Waals surface area contributed by atoms with Crippen LogP contribution in [0.5, 0.6) is 0 Å². The molecule has 0 amide bonds. The van der Waals surface area contributed by atoms with Gasteiger partial charge in [-0.05, 0) is 17.7 Å². The van der Waals surface area contributed by atoms with E-state index in [2.05, 4.69) is 4.98 Å². The summed E-state index contributed by atoms with van der Waals surface area (Å²) >= 11 is 5.59. The number of pyridine rings is 1. The fraction of sp³-hybridized carbons (Fsp3) is 0.214. The van der Waals surface area contributed by atoms with Gasteiger partial charge in [0, 0.05) is 11.8 Å². The van der Waals surface area contributed by atoms with E-state index in [0.717, 1.165) is 18.3 Å². The second-order valence-electron chi connectivity index (χ2n) is 4.55. The molecule has 23 heavy (non-hydrogen) atoms. The summed E-state index contributed by atoms with van der Waals surface area (Å²) in [5.41, 5.74) is -4.25. The molecule has 124 valence electrons. The smallest absolute Gasteiger partial charge is 0.384 e. The number of rotatable bonds is 2. The summed E-state index contributed by atoms with van der Waals surface area (Å²) in [4.78, 5) is 3.42. The highest BCUT2D eigenvalue weighted by Crippen LogP contribution is 2.42. The highest BCUT2D eigenvalue weighted by molar-refractivity contribution is 6.30. The lowest BCUT2D eigenvalue weighted by atomic mass is 9.94. The Labute approximate surface area is 131 Å². The van der Waals surface area contributed by atoms with Gasteiger partial charge in [0.1, 0.15) is 11.3 Å². The average Bonchev–Trinajstić information content (AvgIpc) is 2.44. The number of aliphatic hydroxyl groups excluding tert-OH is 1. The minimum absolute atomic E-state index is 0.542. The third-order valence-corrected chi connectivity index (χ3v) is 3.38. The number of hydrogen-bond acceptors (Lipinski definition) is 2. The summed E-state index contributed by atoms with van der Waals surface area (Å²) in [5, 5.41) is 9.42. The summed E-state index contributed by atoms with van der Waals surface area (Å²) in [6.45, 7) is 0. The maximum absolute atomic E-state index is 13.0. The maximum atomic E-state index is 13.0. The molecule has 9 heteroatoms. The third kappa shape index (κ3) is 3.59. The third-order valence-electron chi connectivity index (χ3n) is 3.08. The molecule has 2 nitrogen and oxygen atoms in total. The summed E-state index contributed by atoms with van der Waals surface area (Å²) in [6, 6.07) is 4.33. The first-order valence-corrected chi connectivity index (χ1v) is 6.47. The van der Waals surface area contributed by atoms with Crippen molar-refractivity contribution in [3.63, 3.8) is 0 Å². The van der Waals surface area contributed by atoms with Crippen LogP contribution in [0.25, 0.3) is 0 Å². The molecule has 0 bridgehead atoms. The van der Waals surface area contributed by atoms with Gasteiger partial charge < -0.3 is 5.11 Å². The van der Waals surface area contributed by atoms with Gasteiger partial charge in [0.25, 0.3) is 0 Å².